The summed E-state index contributed by atoms with van der Waals surface area (Å²) in [5.74, 6) is -0.132. The van der Waals surface area contributed by atoms with Crippen LogP contribution in [0.5, 0.6) is 5.75 Å². The van der Waals surface area contributed by atoms with Gasteiger partial charge in [0, 0.05) is 25.2 Å². The van der Waals surface area contributed by atoms with Crippen LogP contribution in [-0.2, 0) is 19.6 Å². The first-order valence-electron chi connectivity index (χ1n) is 11.2. The van der Waals surface area contributed by atoms with Crippen LogP contribution in [0.1, 0.15) is 49.0 Å². The van der Waals surface area contributed by atoms with Gasteiger partial charge in [-0.1, -0.05) is 43.7 Å². The highest BCUT2D eigenvalue weighted by Crippen LogP contribution is 2.27. The van der Waals surface area contributed by atoms with Gasteiger partial charge in [0.25, 0.3) is 0 Å². The van der Waals surface area contributed by atoms with Crippen LogP contribution in [0.3, 0.4) is 0 Å². The van der Waals surface area contributed by atoms with Gasteiger partial charge < -0.3 is 14.9 Å². The number of esters is 1. The van der Waals surface area contributed by atoms with Gasteiger partial charge in [-0.15, -0.1) is 4.83 Å². The Kier molecular flexibility index (Phi) is 9.13. The zero-order valence-corrected chi connectivity index (χ0v) is 19.6. The lowest BCUT2D eigenvalue weighted by Crippen LogP contribution is -2.49. The van der Waals surface area contributed by atoms with Crippen molar-refractivity contribution < 1.29 is 22.7 Å². The van der Waals surface area contributed by atoms with Crippen LogP contribution >= 0.6 is 0 Å². The number of hydrazine groups is 1. The molecule has 1 atom stereocenters. The van der Waals surface area contributed by atoms with Crippen molar-refractivity contribution >= 4 is 21.7 Å². The number of morpholine rings is 1. The second kappa shape index (κ2) is 12.0. The zero-order chi connectivity index (χ0) is 23.7. The molecule has 3 rings (SSSR count). The first kappa shape index (κ1) is 25.0. The van der Waals surface area contributed by atoms with Gasteiger partial charge in [-0.25, -0.2) is 13.4 Å². The summed E-state index contributed by atoms with van der Waals surface area (Å²) < 4.78 is 37.0. The molecule has 9 heteroatoms. The summed E-state index contributed by atoms with van der Waals surface area (Å²) in [6, 6.07) is 15.7. The number of hydrogen-bond donors (Lipinski definition) is 2. The van der Waals surface area contributed by atoms with Crippen LogP contribution < -0.4 is 9.57 Å². The van der Waals surface area contributed by atoms with Crippen molar-refractivity contribution in [2.75, 3.05) is 26.3 Å². The molecule has 1 fully saturated rings. The predicted octanol–water partition coefficient (Wildman–Crippen LogP) is 3.45. The summed E-state index contributed by atoms with van der Waals surface area (Å²) in [6.07, 6.45) is 1.60. The maximum atomic E-state index is 13.2. The van der Waals surface area contributed by atoms with Crippen LogP contribution in [0.4, 0.5) is 0 Å². The van der Waals surface area contributed by atoms with E-state index in [1.165, 1.54) is 0 Å². The van der Waals surface area contributed by atoms with Gasteiger partial charge in [0.15, 0.2) is 0 Å². The van der Waals surface area contributed by atoms with Crippen molar-refractivity contribution in [2.24, 2.45) is 0 Å². The zero-order valence-electron chi connectivity index (χ0n) is 18.8. The molecular formula is C24H31N3O5S. The Morgan fingerprint density at radius 2 is 1.76 bits per heavy atom. The second-order valence-electron chi connectivity index (χ2n) is 7.90. The van der Waals surface area contributed by atoms with Crippen LogP contribution in [0.25, 0.3) is 0 Å². The molecule has 8 nitrogen and oxygen atoms in total. The number of nitrogens with one attached hydrogen (secondary N) is 2. The summed E-state index contributed by atoms with van der Waals surface area (Å²) in [6.45, 7) is 3.87. The van der Waals surface area contributed by atoms with Crippen LogP contribution in [0.15, 0.2) is 54.6 Å². The topological polar surface area (TPSA) is 109 Å². The minimum absolute atomic E-state index is 0.0585. The first-order valence-corrected chi connectivity index (χ1v) is 12.7. The van der Waals surface area contributed by atoms with Crippen molar-refractivity contribution in [1.29, 1.82) is 5.41 Å². The molecule has 2 N–H and O–H groups in total. The molecule has 0 aliphatic carbocycles. The lowest BCUT2D eigenvalue weighted by molar-refractivity contribution is -0.134. The molecule has 2 aromatic carbocycles. The van der Waals surface area contributed by atoms with Crippen molar-refractivity contribution in [3.8, 4) is 5.75 Å². The molecule has 1 saturated heterocycles. The summed E-state index contributed by atoms with van der Waals surface area (Å²) in [5.41, 5.74) is 1.95. The lowest BCUT2D eigenvalue weighted by atomic mass is 10.1. The van der Waals surface area contributed by atoms with Gasteiger partial charge >= 0.3 is 5.97 Å². The molecule has 1 unspecified atom stereocenters. The molecule has 0 bridgehead atoms. The Morgan fingerprint density at radius 3 is 2.39 bits per heavy atom. The second-order valence-corrected chi connectivity index (χ2v) is 9.74. The monoisotopic (exact) mass is 473 g/mol. The molecule has 2 aromatic rings. The molecule has 0 spiro atoms. The first-order chi connectivity index (χ1) is 15.9. The van der Waals surface area contributed by atoms with Gasteiger partial charge in [-0.2, -0.15) is 0 Å². The van der Waals surface area contributed by atoms with E-state index in [4.69, 9.17) is 14.9 Å². The number of rotatable bonds is 11. The predicted molar refractivity (Wildman–Crippen MR) is 127 cm³/mol. The van der Waals surface area contributed by atoms with E-state index in [-0.39, 0.29) is 12.8 Å². The Labute approximate surface area is 195 Å². The average molecular weight is 474 g/mol. The fourth-order valence-corrected chi connectivity index (χ4v) is 5.23. The third kappa shape index (κ3) is 7.46. The number of sulfonamides is 1. The minimum atomic E-state index is -3.78. The number of carbonyl (C=O) groups excluding carboxylic acids is 1. The number of ether oxygens (including phenoxy) is 2. The number of hydrogen-bond acceptors (Lipinski definition) is 7. The lowest BCUT2D eigenvalue weighted by Gasteiger charge is -2.29. The van der Waals surface area contributed by atoms with E-state index < -0.39 is 21.2 Å². The van der Waals surface area contributed by atoms with Gasteiger partial charge in [0.1, 0.15) is 11.0 Å². The fraction of sp³-hybridized carbons (Fsp3) is 0.417. The quantitative estimate of drug-likeness (QED) is 0.294. The van der Waals surface area contributed by atoms with Crippen molar-refractivity contribution in [2.45, 2.75) is 37.9 Å². The molecule has 1 heterocycles. The highest BCUT2D eigenvalue weighted by molar-refractivity contribution is 7.89. The van der Waals surface area contributed by atoms with E-state index in [1.54, 1.807) is 53.5 Å². The number of carbonyl (C=O) groups is 1. The fourth-order valence-electron chi connectivity index (χ4n) is 3.62. The SMILES string of the molecule is CCCC(=N)c1ccc(OC(=O)CCC(c2ccccc2)S(=O)(=O)NN2CCOCC2)cc1. The van der Waals surface area contributed by atoms with Crippen LogP contribution in [0, 0.1) is 5.41 Å². The smallest absolute Gasteiger partial charge is 0.311 e. The number of nitrogens with zero attached hydrogens (tertiary/aromatic N) is 1. The molecule has 0 saturated carbocycles. The molecule has 178 valence electrons. The van der Waals surface area contributed by atoms with Crippen LogP contribution in [0.2, 0.25) is 0 Å². The van der Waals surface area contributed by atoms with E-state index in [0.717, 1.165) is 12.0 Å². The van der Waals surface area contributed by atoms with E-state index in [1.807, 2.05) is 13.0 Å². The van der Waals surface area contributed by atoms with Gasteiger partial charge in [-0.3, -0.25) is 4.79 Å². The number of benzene rings is 2. The third-order valence-electron chi connectivity index (χ3n) is 5.36. The molecule has 0 radical (unpaired) electrons. The van der Waals surface area contributed by atoms with Crippen molar-refractivity contribution in [3.63, 3.8) is 0 Å². The van der Waals surface area contributed by atoms with Crippen LogP contribution in [-0.4, -0.2) is 51.4 Å². The van der Waals surface area contributed by atoms with E-state index in [9.17, 15) is 13.2 Å². The summed E-state index contributed by atoms with van der Waals surface area (Å²) >= 11 is 0. The normalized spacial score (nSPS) is 15.7. The molecule has 1 aliphatic rings. The van der Waals surface area contributed by atoms with Crippen molar-refractivity contribution in [1.82, 2.24) is 9.84 Å². The summed E-state index contributed by atoms with van der Waals surface area (Å²) in [4.78, 5) is 15.1. The summed E-state index contributed by atoms with van der Waals surface area (Å²) in [7, 11) is -3.78. The maximum Gasteiger partial charge on any atom is 0.311 e. The molecule has 0 aromatic heterocycles. The molecule has 0 amide bonds. The largest absolute Gasteiger partial charge is 0.427 e. The Morgan fingerprint density at radius 1 is 1.09 bits per heavy atom. The average Bonchev–Trinajstić information content (AvgIpc) is 2.81. The molecule has 33 heavy (non-hydrogen) atoms. The maximum absolute atomic E-state index is 13.2. The van der Waals surface area contributed by atoms with E-state index in [2.05, 4.69) is 4.83 Å². The molecular weight excluding hydrogens is 442 g/mol. The minimum Gasteiger partial charge on any atom is -0.427 e. The van der Waals surface area contributed by atoms with Gasteiger partial charge in [0.2, 0.25) is 10.0 Å². The standard InChI is InChI=1S/C24H31N3O5S/c1-2-6-22(25)19-9-11-21(12-10-19)32-24(28)14-13-23(20-7-4-3-5-8-20)33(29,30)26-27-15-17-31-18-16-27/h3-5,7-12,23,25-26H,2,6,13-18H2,1H3. The Bertz CT molecular complexity index is 1020. The highest BCUT2D eigenvalue weighted by atomic mass is 32.2. The van der Waals surface area contributed by atoms with E-state index >= 15 is 0 Å². The van der Waals surface area contributed by atoms with Gasteiger partial charge in [0.05, 0.1) is 13.2 Å². The van der Waals surface area contributed by atoms with E-state index in [0.29, 0.717) is 49.7 Å². The van der Waals surface area contributed by atoms with Gasteiger partial charge in [-0.05, 0) is 48.2 Å². The Hall–Kier alpha value is -2.59. The summed E-state index contributed by atoms with van der Waals surface area (Å²) in [5, 5.41) is 8.74. The molecule has 1 aliphatic heterocycles. The Balaban J connectivity index is 1.64. The third-order valence-corrected chi connectivity index (χ3v) is 7.13. The van der Waals surface area contributed by atoms with Crippen molar-refractivity contribution in [3.05, 3.63) is 65.7 Å². The highest BCUT2D eigenvalue weighted by Gasteiger charge is 2.30.